The number of carbonyl (C=O) groups is 2. The highest BCUT2D eigenvalue weighted by molar-refractivity contribution is 6.08. The van der Waals surface area contributed by atoms with Crippen molar-refractivity contribution in [2.45, 2.75) is 13.8 Å². The second kappa shape index (κ2) is 9.05. The summed E-state index contributed by atoms with van der Waals surface area (Å²) in [5, 5.41) is 9.74. The maximum absolute atomic E-state index is 12.8. The minimum absolute atomic E-state index is 0.0617. The van der Waals surface area contributed by atoms with Crippen molar-refractivity contribution < 1.29 is 14.3 Å². The van der Waals surface area contributed by atoms with Crippen LogP contribution in [0.25, 0.3) is 11.3 Å². The lowest BCUT2D eigenvalue weighted by molar-refractivity contribution is 0.0772. The van der Waals surface area contributed by atoms with Crippen LogP contribution in [0.4, 0.5) is 5.69 Å². The summed E-state index contributed by atoms with van der Waals surface area (Å²) in [4.78, 5) is 27.1. The van der Waals surface area contributed by atoms with Gasteiger partial charge in [-0.25, -0.2) is 0 Å². The average molecular weight is 392 g/mol. The second-order valence-electron chi connectivity index (χ2n) is 6.40. The number of ether oxygens (including phenoxy) is 1. The van der Waals surface area contributed by atoms with Crippen LogP contribution in [0.1, 0.15) is 34.6 Å². The Kier molecular flexibility index (Phi) is 6.29. The zero-order valence-electron chi connectivity index (χ0n) is 16.7. The number of nitrogens with one attached hydrogen (secondary N) is 2. The molecule has 150 valence electrons. The van der Waals surface area contributed by atoms with E-state index in [-0.39, 0.29) is 11.8 Å². The fourth-order valence-electron chi connectivity index (χ4n) is 3.06. The summed E-state index contributed by atoms with van der Waals surface area (Å²) in [5.41, 5.74) is 2.93. The van der Waals surface area contributed by atoms with Crippen molar-refractivity contribution in [1.29, 1.82) is 0 Å². The molecule has 0 aliphatic carbocycles. The summed E-state index contributed by atoms with van der Waals surface area (Å²) >= 11 is 0. The maximum Gasteiger partial charge on any atom is 0.259 e. The molecule has 1 heterocycles. The Balaban J connectivity index is 1.80. The SMILES string of the molecule is CCN(CC)C(=O)c1cccc(NC(=O)c2cn[nH]c2-c2ccc(OC)cc2)c1. The zero-order chi connectivity index (χ0) is 20.8. The van der Waals surface area contributed by atoms with Gasteiger partial charge in [0.2, 0.25) is 0 Å². The third kappa shape index (κ3) is 4.45. The van der Waals surface area contributed by atoms with Gasteiger partial charge in [0.1, 0.15) is 5.75 Å². The third-order valence-corrected chi connectivity index (χ3v) is 4.68. The first-order valence-corrected chi connectivity index (χ1v) is 9.45. The summed E-state index contributed by atoms with van der Waals surface area (Å²) in [6.07, 6.45) is 1.49. The highest BCUT2D eigenvalue weighted by atomic mass is 16.5. The fraction of sp³-hybridized carbons (Fsp3) is 0.227. The molecule has 2 amide bonds. The van der Waals surface area contributed by atoms with E-state index >= 15 is 0 Å². The number of aromatic nitrogens is 2. The van der Waals surface area contributed by atoms with Crippen molar-refractivity contribution in [3.63, 3.8) is 0 Å². The van der Waals surface area contributed by atoms with Crippen LogP contribution in [0.2, 0.25) is 0 Å². The number of nitrogens with zero attached hydrogens (tertiary/aromatic N) is 2. The van der Waals surface area contributed by atoms with E-state index in [0.717, 1.165) is 11.3 Å². The quantitative estimate of drug-likeness (QED) is 0.640. The van der Waals surface area contributed by atoms with Gasteiger partial charge in [0.05, 0.1) is 24.6 Å². The van der Waals surface area contributed by atoms with Crippen molar-refractivity contribution in [2.24, 2.45) is 0 Å². The fourth-order valence-corrected chi connectivity index (χ4v) is 3.06. The Morgan fingerprint density at radius 2 is 1.83 bits per heavy atom. The predicted octanol–water partition coefficient (Wildman–Crippen LogP) is 3.82. The van der Waals surface area contributed by atoms with E-state index in [0.29, 0.717) is 35.6 Å². The molecule has 3 aromatic rings. The predicted molar refractivity (Wildman–Crippen MR) is 112 cm³/mol. The van der Waals surface area contributed by atoms with Crippen molar-refractivity contribution in [3.05, 3.63) is 65.9 Å². The molecule has 0 fully saturated rings. The number of hydrogen-bond acceptors (Lipinski definition) is 4. The minimum Gasteiger partial charge on any atom is -0.497 e. The molecule has 0 unspecified atom stereocenters. The number of amides is 2. The second-order valence-corrected chi connectivity index (χ2v) is 6.40. The van der Waals surface area contributed by atoms with Gasteiger partial charge in [0, 0.05) is 29.9 Å². The van der Waals surface area contributed by atoms with Crippen molar-refractivity contribution in [3.8, 4) is 17.0 Å². The van der Waals surface area contributed by atoms with E-state index in [1.165, 1.54) is 6.20 Å². The zero-order valence-corrected chi connectivity index (χ0v) is 16.7. The third-order valence-electron chi connectivity index (χ3n) is 4.68. The molecular weight excluding hydrogens is 368 g/mol. The topological polar surface area (TPSA) is 87.3 Å². The molecule has 0 atom stereocenters. The molecule has 3 rings (SSSR count). The van der Waals surface area contributed by atoms with Crippen molar-refractivity contribution >= 4 is 17.5 Å². The Labute approximate surface area is 169 Å². The van der Waals surface area contributed by atoms with Crippen LogP contribution in [-0.4, -0.2) is 47.1 Å². The number of aromatic amines is 1. The largest absolute Gasteiger partial charge is 0.497 e. The molecule has 0 aliphatic rings. The molecule has 0 bridgehead atoms. The summed E-state index contributed by atoms with van der Waals surface area (Å²) in [5.74, 6) is 0.360. The van der Waals surface area contributed by atoms with E-state index in [1.807, 2.05) is 38.1 Å². The Bertz CT molecular complexity index is 991. The van der Waals surface area contributed by atoms with Crippen LogP contribution >= 0.6 is 0 Å². The lowest BCUT2D eigenvalue weighted by Crippen LogP contribution is -2.30. The lowest BCUT2D eigenvalue weighted by Gasteiger charge is -2.19. The van der Waals surface area contributed by atoms with E-state index < -0.39 is 0 Å². The molecule has 0 saturated heterocycles. The lowest BCUT2D eigenvalue weighted by atomic mass is 10.1. The Morgan fingerprint density at radius 3 is 2.48 bits per heavy atom. The highest BCUT2D eigenvalue weighted by Crippen LogP contribution is 2.24. The van der Waals surface area contributed by atoms with Gasteiger partial charge >= 0.3 is 0 Å². The first kappa shape index (κ1) is 20.1. The van der Waals surface area contributed by atoms with Crippen molar-refractivity contribution in [2.75, 3.05) is 25.5 Å². The first-order valence-electron chi connectivity index (χ1n) is 9.45. The summed E-state index contributed by atoms with van der Waals surface area (Å²) in [7, 11) is 1.60. The summed E-state index contributed by atoms with van der Waals surface area (Å²) in [6, 6.07) is 14.3. The van der Waals surface area contributed by atoms with Crippen LogP contribution in [0.5, 0.6) is 5.75 Å². The molecular formula is C22H24N4O3. The molecule has 0 saturated carbocycles. The molecule has 7 nitrogen and oxygen atoms in total. The van der Waals surface area contributed by atoms with Gasteiger partial charge < -0.3 is 15.0 Å². The molecule has 0 spiro atoms. The van der Waals surface area contributed by atoms with Gasteiger partial charge in [-0.2, -0.15) is 5.10 Å². The Hall–Kier alpha value is -3.61. The number of benzene rings is 2. The Morgan fingerprint density at radius 1 is 1.10 bits per heavy atom. The maximum atomic E-state index is 12.8. The van der Waals surface area contributed by atoms with Gasteiger partial charge in [0.15, 0.2) is 0 Å². The summed E-state index contributed by atoms with van der Waals surface area (Å²) in [6.45, 7) is 5.14. The van der Waals surface area contributed by atoms with Gasteiger partial charge in [0.25, 0.3) is 11.8 Å². The molecule has 29 heavy (non-hydrogen) atoms. The molecule has 1 aromatic heterocycles. The van der Waals surface area contributed by atoms with Crippen LogP contribution < -0.4 is 10.1 Å². The number of methoxy groups -OCH3 is 1. The van der Waals surface area contributed by atoms with Crippen LogP contribution in [-0.2, 0) is 0 Å². The molecule has 7 heteroatoms. The van der Waals surface area contributed by atoms with E-state index in [9.17, 15) is 9.59 Å². The first-order chi connectivity index (χ1) is 14.1. The number of H-pyrrole nitrogens is 1. The molecule has 2 aromatic carbocycles. The van der Waals surface area contributed by atoms with Gasteiger partial charge in [-0.05, 0) is 56.3 Å². The van der Waals surface area contributed by atoms with E-state index in [4.69, 9.17) is 4.74 Å². The normalized spacial score (nSPS) is 10.4. The molecule has 0 radical (unpaired) electrons. The summed E-state index contributed by atoms with van der Waals surface area (Å²) < 4.78 is 5.17. The number of rotatable bonds is 7. The van der Waals surface area contributed by atoms with E-state index in [1.54, 1.807) is 36.3 Å². The van der Waals surface area contributed by atoms with Gasteiger partial charge in [-0.1, -0.05) is 6.07 Å². The standard InChI is InChI=1S/C22H24N4O3/c1-4-26(5-2)22(28)16-7-6-8-17(13-16)24-21(27)19-14-23-25-20(19)15-9-11-18(29-3)12-10-15/h6-14H,4-5H2,1-3H3,(H,23,25)(H,24,27). The van der Waals surface area contributed by atoms with Gasteiger partial charge in [-0.15, -0.1) is 0 Å². The van der Waals surface area contributed by atoms with Crippen molar-refractivity contribution in [1.82, 2.24) is 15.1 Å². The van der Waals surface area contributed by atoms with Crippen LogP contribution in [0.15, 0.2) is 54.7 Å². The number of anilines is 1. The van der Waals surface area contributed by atoms with Crippen LogP contribution in [0.3, 0.4) is 0 Å². The van der Waals surface area contributed by atoms with E-state index in [2.05, 4.69) is 15.5 Å². The highest BCUT2D eigenvalue weighted by Gasteiger charge is 2.17. The number of hydrogen-bond donors (Lipinski definition) is 2. The van der Waals surface area contributed by atoms with Gasteiger partial charge in [-0.3, -0.25) is 14.7 Å². The smallest absolute Gasteiger partial charge is 0.259 e. The van der Waals surface area contributed by atoms with Crippen LogP contribution in [0, 0.1) is 0 Å². The molecule has 2 N–H and O–H groups in total. The minimum atomic E-state index is -0.308. The molecule has 0 aliphatic heterocycles. The monoisotopic (exact) mass is 392 g/mol. The average Bonchev–Trinajstić information content (AvgIpc) is 3.25. The number of carbonyl (C=O) groups excluding carboxylic acids is 2.